The minimum absolute atomic E-state index is 0.216. The van der Waals surface area contributed by atoms with Crippen LogP contribution in [0.3, 0.4) is 0 Å². The number of carbonyl (C=O) groups is 2. The SMILES string of the molecule is CCOc1cc(C(=O)N/N=C/c2cc(Br)c(OCC(=O)Nc3ccccc3C)c(OC)c2)ccc1OCc1ccccc1. The van der Waals surface area contributed by atoms with Crippen LogP contribution in [0.1, 0.15) is 34.0 Å². The van der Waals surface area contributed by atoms with Gasteiger partial charge in [0.1, 0.15) is 6.61 Å². The molecule has 0 heterocycles. The molecule has 0 fully saturated rings. The molecule has 2 amide bonds. The van der Waals surface area contributed by atoms with Crippen molar-refractivity contribution in [2.45, 2.75) is 20.5 Å². The van der Waals surface area contributed by atoms with E-state index in [-0.39, 0.29) is 12.5 Å². The van der Waals surface area contributed by atoms with Crippen LogP contribution in [-0.2, 0) is 11.4 Å². The van der Waals surface area contributed by atoms with Gasteiger partial charge in [-0.05, 0) is 82.9 Å². The summed E-state index contributed by atoms with van der Waals surface area (Å²) in [4.78, 5) is 25.3. The third-order valence-corrected chi connectivity index (χ3v) is 6.73. The number of aryl methyl sites for hydroxylation is 1. The molecule has 0 radical (unpaired) electrons. The van der Waals surface area contributed by atoms with Crippen LogP contribution >= 0.6 is 15.9 Å². The summed E-state index contributed by atoms with van der Waals surface area (Å²) in [5.74, 6) is 1.03. The van der Waals surface area contributed by atoms with Crippen LogP contribution in [0, 0.1) is 6.92 Å². The van der Waals surface area contributed by atoms with E-state index in [0.29, 0.717) is 51.8 Å². The van der Waals surface area contributed by atoms with E-state index in [1.807, 2.05) is 68.4 Å². The van der Waals surface area contributed by atoms with Gasteiger partial charge in [0.15, 0.2) is 29.6 Å². The molecule has 0 saturated carbocycles. The average molecular weight is 647 g/mol. The molecule has 0 unspecified atom stereocenters. The number of halogens is 1. The molecule has 4 aromatic rings. The Hall–Kier alpha value is -4.83. The van der Waals surface area contributed by atoms with Crippen molar-refractivity contribution in [1.82, 2.24) is 5.43 Å². The first-order valence-electron chi connectivity index (χ1n) is 13.5. The van der Waals surface area contributed by atoms with E-state index in [1.54, 1.807) is 30.3 Å². The summed E-state index contributed by atoms with van der Waals surface area (Å²) in [7, 11) is 1.49. The molecular formula is C33H32BrN3O6. The molecule has 9 nitrogen and oxygen atoms in total. The normalized spacial score (nSPS) is 10.7. The first-order chi connectivity index (χ1) is 20.9. The third kappa shape index (κ3) is 8.83. The fraction of sp³-hybridized carbons (Fsp3) is 0.182. The van der Waals surface area contributed by atoms with Gasteiger partial charge in [-0.15, -0.1) is 0 Å². The summed E-state index contributed by atoms with van der Waals surface area (Å²) in [6.45, 7) is 4.35. The van der Waals surface area contributed by atoms with Crippen LogP contribution in [0.15, 0.2) is 94.5 Å². The smallest absolute Gasteiger partial charge is 0.271 e. The number of hydrazone groups is 1. The second-order valence-electron chi connectivity index (χ2n) is 9.25. The molecule has 0 aliphatic rings. The number of nitrogens with one attached hydrogen (secondary N) is 2. The lowest BCUT2D eigenvalue weighted by Crippen LogP contribution is -2.21. The zero-order chi connectivity index (χ0) is 30.6. The van der Waals surface area contributed by atoms with Crippen LogP contribution < -0.4 is 29.7 Å². The van der Waals surface area contributed by atoms with Crippen molar-refractivity contribution in [2.24, 2.45) is 5.10 Å². The van der Waals surface area contributed by atoms with Gasteiger partial charge in [0.05, 0.1) is 24.4 Å². The van der Waals surface area contributed by atoms with Crippen LogP contribution in [0.4, 0.5) is 5.69 Å². The van der Waals surface area contributed by atoms with Crippen molar-refractivity contribution >= 4 is 39.6 Å². The summed E-state index contributed by atoms with van der Waals surface area (Å²) in [5.41, 5.74) is 6.20. The summed E-state index contributed by atoms with van der Waals surface area (Å²) in [6.07, 6.45) is 1.47. The fourth-order valence-electron chi connectivity index (χ4n) is 3.99. The molecule has 0 atom stereocenters. The van der Waals surface area contributed by atoms with Gasteiger partial charge in [0, 0.05) is 11.3 Å². The number of amides is 2. The maximum Gasteiger partial charge on any atom is 0.271 e. The standard InChI is InChI=1S/C33H32BrN3O6/c1-4-41-29-18-25(14-15-28(29)42-20-23-11-6-5-7-12-23)33(39)37-35-19-24-16-26(34)32(30(17-24)40-3)43-21-31(38)36-27-13-9-8-10-22(27)2/h5-19H,4,20-21H2,1-3H3,(H,36,38)(H,37,39)/b35-19+. The third-order valence-electron chi connectivity index (χ3n) is 6.14. The fourth-order valence-corrected chi connectivity index (χ4v) is 4.57. The molecule has 222 valence electrons. The number of carbonyl (C=O) groups excluding carboxylic acids is 2. The Morgan fingerprint density at radius 3 is 2.40 bits per heavy atom. The Kier molecular flexibility index (Phi) is 11.2. The van der Waals surface area contributed by atoms with Crippen LogP contribution in [0.2, 0.25) is 0 Å². The van der Waals surface area contributed by atoms with Crippen LogP contribution in [0.5, 0.6) is 23.0 Å². The monoisotopic (exact) mass is 645 g/mol. The van der Waals surface area contributed by atoms with Gasteiger partial charge in [0.2, 0.25) is 0 Å². The Morgan fingerprint density at radius 1 is 0.884 bits per heavy atom. The maximum absolute atomic E-state index is 12.8. The number of rotatable bonds is 13. The van der Waals surface area contributed by atoms with Crippen LogP contribution in [-0.4, -0.2) is 38.4 Å². The molecule has 4 aromatic carbocycles. The molecule has 0 aliphatic heterocycles. The number of hydrogen-bond acceptors (Lipinski definition) is 7. The van der Waals surface area contributed by atoms with Crippen molar-refractivity contribution in [3.05, 3.63) is 112 Å². The lowest BCUT2D eigenvalue weighted by Gasteiger charge is -2.14. The number of anilines is 1. The predicted molar refractivity (Wildman–Crippen MR) is 169 cm³/mol. The topological polar surface area (TPSA) is 107 Å². The van der Waals surface area contributed by atoms with Crippen molar-refractivity contribution in [2.75, 3.05) is 25.6 Å². The molecule has 0 spiro atoms. The minimum Gasteiger partial charge on any atom is -0.493 e. The van der Waals surface area contributed by atoms with Gasteiger partial charge in [-0.3, -0.25) is 9.59 Å². The largest absolute Gasteiger partial charge is 0.493 e. The van der Waals surface area contributed by atoms with Gasteiger partial charge in [-0.25, -0.2) is 5.43 Å². The number of para-hydroxylation sites is 1. The highest BCUT2D eigenvalue weighted by atomic mass is 79.9. The van der Waals surface area contributed by atoms with Crippen molar-refractivity contribution < 1.29 is 28.5 Å². The van der Waals surface area contributed by atoms with E-state index in [9.17, 15) is 9.59 Å². The Bertz CT molecular complexity index is 1590. The van der Waals surface area contributed by atoms with Crippen molar-refractivity contribution in [1.29, 1.82) is 0 Å². The zero-order valence-electron chi connectivity index (χ0n) is 24.1. The van der Waals surface area contributed by atoms with E-state index in [1.165, 1.54) is 13.3 Å². The number of nitrogens with zero attached hydrogens (tertiary/aromatic N) is 1. The Balaban J connectivity index is 1.37. The maximum atomic E-state index is 12.8. The first-order valence-corrected chi connectivity index (χ1v) is 14.3. The Labute approximate surface area is 258 Å². The summed E-state index contributed by atoms with van der Waals surface area (Å²) in [6, 6.07) is 25.7. The van der Waals surface area contributed by atoms with E-state index >= 15 is 0 Å². The first kappa shape index (κ1) is 31.1. The number of benzene rings is 4. The van der Waals surface area contributed by atoms with E-state index < -0.39 is 5.91 Å². The average Bonchev–Trinajstić information content (AvgIpc) is 3.01. The summed E-state index contributed by atoms with van der Waals surface area (Å²) in [5, 5.41) is 6.92. The van der Waals surface area contributed by atoms with Gasteiger partial charge in [-0.1, -0.05) is 48.5 Å². The predicted octanol–water partition coefficient (Wildman–Crippen LogP) is 6.53. The zero-order valence-corrected chi connectivity index (χ0v) is 25.6. The number of ether oxygens (including phenoxy) is 4. The highest BCUT2D eigenvalue weighted by molar-refractivity contribution is 9.10. The summed E-state index contributed by atoms with van der Waals surface area (Å²) < 4.78 is 23.4. The quantitative estimate of drug-likeness (QED) is 0.127. The van der Waals surface area contributed by atoms with Gasteiger partial charge >= 0.3 is 0 Å². The van der Waals surface area contributed by atoms with Crippen molar-refractivity contribution in [3.8, 4) is 23.0 Å². The molecule has 43 heavy (non-hydrogen) atoms. The van der Waals surface area contributed by atoms with Crippen molar-refractivity contribution in [3.63, 3.8) is 0 Å². The number of hydrogen-bond donors (Lipinski definition) is 2. The lowest BCUT2D eigenvalue weighted by atomic mass is 10.2. The van der Waals surface area contributed by atoms with E-state index in [2.05, 4.69) is 31.8 Å². The molecule has 0 saturated heterocycles. The molecule has 0 bridgehead atoms. The molecule has 10 heteroatoms. The molecular weight excluding hydrogens is 614 g/mol. The molecule has 0 aliphatic carbocycles. The second kappa shape index (κ2) is 15.4. The van der Waals surface area contributed by atoms with Gasteiger partial charge in [0.25, 0.3) is 11.8 Å². The van der Waals surface area contributed by atoms with Gasteiger partial charge < -0.3 is 24.3 Å². The second-order valence-corrected chi connectivity index (χ2v) is 10.1. The lowest BCUT2D eigenvalue weighted by molar-refractivity contribution is -0.118. The highest BCUT2D eigenvalue weighted by Crippen LogP contribution is 2.36. The van der Waals surface area contributed by atoms with E-state index in [0.717, 1.165) is 16.8 Å². The molecule has 4 rings (SSSR count). The highest BCUT2D eigenvalue weighted by Gasteiger charge is 2.15. The number of methoxy groups -OCH3 is 1. The minimum atomic E-state index is -0.419. The van der Waals surface area contributed by atoms with Gasteiger partial charge in [-0.2, -0.15) is 5.10 Å². The molecule has 0 aromatic heterocycles. The van der Waals surface area contributed by atoms with E-state index in [4.69, 9.17) is 18.9 Å². The Morgan fingerprint density at radius 2 is 1.65 bits per heavy atom. The van der Waals surface area contributed by atoms with Crippen LogP contribution in [0.25, 0.3) is 0 Å². The molecule has 2 N–H and O–H groups in total. The summed E-state index contributed by atoms with van der Waals surface area (Å²) >= 11 is 3.47.